The fourth-order valence-corrected chi connectivity index (χ4v) is 5.19. The summed E-state index contributed by atoms with van der Waals surface area (Å²) in [6.07, 6.45) is 2.78. The van der Waals surface area contributed by atoms with Gasteiger partial charge in [0.05, 0.1) is 11.7 Å². The zero-order valence-electron chi connectivity index (χ0n) is 25.8. The average Bonchev–Trinajstić information content (AvgIpc) is 3.70. The lowest BCUT2D eigenvalue weighted by Gasteiger charge is -2.26. The third kappa shape index (κ3) is 6.38. The molecular weight excluding hydrogens is 574 g/mol. The lowest BCUT2D eigenvalue weighted by molar-refractivity contribution is 0.0895. The highest BCUT2D eigenvalue weighted by molar-refractivity contribution is 5.94. The molecular formula is C32H35N9O4. The summed E-state index contributed by atoms with van der Waals surface area (Å²) in [7, 11) is 0. The third-order valence-corrected chi connectivity index (χ3v) is 7.69. The van der Waals surface area contributed by atoms with Gasteiger partial charge in [0.2, 0.25) is 5.88 Å². The van der Waals surface area contributed by atoms with E-state index in [-0.39, 0.29) is 23.2 Å². The maximum absolute atomic E-state index is 12.8. The molecule has 13 heteroatoms. The van der Waals surface area contributed by atoms with Gasteiger partial charge in [0.25, 0.3) is 0 Å². The SMILES string of the molecule is Cc1cc(-c2ncnc3[nH]c(-c4ccc(OC(=O)N5CCNCC5)nc4)cc23)ccc1C(C)NC(=O)c1nc(C(C)(C)C)no1. The number of nitrogens with zero attached hydrogens (tertiary/aromatic N) is 6. The van der Waals surface area contributed by atoms with Crippen LogP contribution in [0.5, 0.6) is 5.88 Å². The molecule has 1 aliphatic heterocycles. The van der Waals surface area contributed by atoms with Crippen LogP contribution in [0.2, 0.25) is 0 Å². The van der Waals surface area contributed by atoms with Crippen molar-refractivity contribution in [2.24, 2.45) is 0 Å². The molecule has 5 heterocycles. The number of rotatable bonds is 6. The molecule has 6 rings (SSSR count). The Balaban J connectivity index is 1.18. The summed E-state index contributed by atoms with van der Waals surface area (Å²) in [6.45, 7) is 12.5. The molecule has 0 radical (unpaired) electrons. The maximum atomic E-state index is 12.8. The van der Waals surface area contributed by atoms with Crippen LogP contribution in [0.25, 0.3) is 33.5 Å². The standard InChI is InChI=1S/C32H35N9O4/c1-18-14-20(6-8-22(18)19(2)37-28(42)29-39-30(40-45-29)32(3,4)5)26-23-15-24(38-27(23)36-17-35-26)21-7-9-25(34-16-21)44-31(43)41-12-10-33-11-13-41/h6-9,14-17,19,33H,10-13H2,1-5H3,(H,37,42)(H,35,36,38). The molecule has 1 fully saturated rings. The summed E-state index contributed by atoms with van der Waals surface area (Å²) >= 11 is 0. The fraction of sp³-hybridized carbons (Fsp3) is 0.344. The van der Waals surface area contributed by atoms with Crippen molar-refractivity contribution in [2.45, 2.75) is 46.1 Å². The van der Waals surface area contributed by atoms with Crippen molar-refractivity contribution in [3.05, 3.63) is 71.8 Å². The van der Waals surface area contributed by atoms with Crippen LogP contribution >= 0.6 is 0 Å². The molecule has 1 unspecified atom stereocenters. The van der Waals surface area contributed by atoms with Crippen LogP contribution in [-0.4, -0.2) is 73.2 Å². The Labute approximate surface area is 259 Å². The molecule has 0 spiro atoms. The van der Waals surface area contributed by atoms with Crippen LogP contribution in [0.3, 0.4) is 0 Å². The van der Waals surface area contributed by atoms with Crippen LogP contribution in [0.15, 0.2) is 53.4 Å². The Hall–Kier alpha value is -5.17. The van der Waals surface area contributed by atoms with E-state index in [2.05, 4.69) is 40.7 Å². The van der Waals surface area contributed by atoms with Crippen molar-refractivity contribution in [3.63, 3.8) is 0 Å². The molecule has 1 atom stereocenters. The van der Waals surface area contributed by atoms with Crippen LogP contribution < -0.4 is 15.4 Å². The Morgan fingerprint density at radius 1 is 1.04 bits per heavy atom. The highest BCUT2D eigenvalue weighted by Crippen LogP contribution is 2.32. The number of fused-ring (bicyclic) bond motifs is 1. The molecule has 45 heavy (non-hydrogen) atoms. The number of aryl methyl sites for hydroxylation is 1. The molecule has 2 amide bonds. The summed E-state index contributed by atoms with van der Waals surface area (Å²) in [5.74, 6) is 0.233. The number of piperazine rings is 1. The minimum Gasteiger partial charge on any atom is -0.391 e. The van der Waals surface area contributed by atoms with Crippen molar-refractivity contribution < 1.29 is 18.8 Å². The van der Waals surface area contributed by atoms with E-state index in [1.165, 1.54) is 6.33 Å². The van der Waals surface area contributed by atoms with E-state index in [9.17, 15) is 9.59 Å². The molecule has 0 bridgehead atoms. The number of hydrogen-bond donors (Lipinski definition) is 3. The number of H-pyrrole nitrogens is 1. The molecule has 4 aromatic heterocycles. The predicted molar refractivity (Wildman–Crippen MR) is 167 cm³/mol. The third-order valence-electron chi connectivity index (χ3n) is 7.69. The van der Waals surface area contributed by atoms with Gasteiger partial charge in [-0.15, -0.1) is 0 Å². The van der Waals surface area contributed by atoms with Gasteiger partial charge in [-0.25, -0.2) is 19.7 Å². The first kappa shape index (κ1) is 29.9. The Bertz CT molecular complexity index is 1850. The number of aromatic amines is 1. The smallest absolute Gasteiger partial charge is 0.391 e. The molecule has 13 nitrogen and oxygen atoms in total. The summed E-state index contributed by atoms with van der Waals surface area (Å²) < 4.78 is 10.7. The normalized spacial score (nSPS) is 14.4. The Kier molecular flexibility index (Phi) is 8.02. The lowest BCUT2D eigenvalue weighted by atomic mass is 9.96. The van der Waals surface area contributed by atoms with Gasteiger partial charge >= 0.3 is 17.9 Å². The summed E-state index contributed by atoms with van der Waals surface area (Å²) in [5.41, 5.74) is 5.59. The highest BCUT2D eigenvalue weighted by atomic mass is 16.6. The van der Waals surface area contributed by atoms with Gasteiger partial charge in [-0.2, -0.15) is 4.98 Å². The minimum absolute atomic E-state index is 0.0613. The van der Waals surface area contributed by atoms with E-state index < -0.39 is 12.0 Å². The summed E-state index contributed by atoms with van der Waals surface area (Å²) in [4.78, 5) is 47.9. The number of aromatic nitrogens is 6. The van der Waals surface area contributed by atoms with Crippen molar-refractivity contribution in [1.29, 1.82) is 0 Å². The zero-order valence-corrected chi connectivity index (χ0v) is 25.8. The van der Waals surface area contributed by atoms with E-state index in [0.717, 1.165) is 52.1 Å². The Morgan fingerprint density at radius 2 is 1.82 bits per heavy atom. The molecule has 5 aromatic rings. The topological polar surface area (TPSA) is 164 Å². The van der Waals surface area contributed by atoms with Gasteiger partial charge in [0.15, 0.2) is 5.82 Å². The number of benzene rings is 1. The van der Waals surface area contributed by atoms with E-state index >= 15 is 0 Å². The monoisotopic (exact) mass is 609 g/mol. The van der Waals surface area contributed by atoms with Crippen molar-refractivity contribution in [1.82, 2.24) is 45.6 Å². The van der Waals surface area contributed by atoms with E-state index in [4.69, 9.17) is 9.26 Å². The predicted octanol–water partition coefficient (Wildman–Crippen LogP) is 4.57. The molecule has 1 aliphatic rings. The maximum Gasteiger partial charge on any atom is 0.416 e. The first-order chi connectivity index (χ1) is 21.6. The first-order valence-corrected chi connectivity index (χ1v) is 14.8. The van der Waals surface area contributed by atoms with E-state index in [0.29, 0.717) is 24.6 Å². The number of carbonyl (C=O) groups excluding carboxylic acids is 2. The van der Waals surface area contributed by atoms with Crippen LogP contribution in [0.1, 0.15) is 61.4 Å². The van der Waals surface area contributed by atoms with Gasteiger partial charge in [-0.1, -0.05) is 38.1 Å². The first-order valence-electron chi connectivity index (χ1n) is 14.8. The van der Waals surface area contributed by atoms with E-state index in [1.54, 1.807) is 17.2 Å². The second kappa shape index (κ2) is 12.1. The quantitative estimate of drug-likeness (QED) is 0.248. The van der Waals surface area contributed by atoms with Crippen molar-refractivity contribution in [2.75, 3.05) is 26.2 Å². The largest absolute Gasteiger partial charge is 0.416 e. The second-order valence-electron chi connectivity index (χ2n) is 12.1. The minimum atomic E-state index is -0.424. The number of amides is 2. The van der Waals surface area contributed by atoms with Gasteiger partial charge in [0.1, 0.15) is 12.0 Å². The summed E-state index contributed by atoms with van der Waals surface area (Å²) in [6, 6.07) is 11.2. The van der Waals surface area contributed by atoms with Gasteiger partial charge in [0, 0.05) is 66.1 Å². The van der Waals surface area contributed by atoms with Crippen molar-refractivity contribution >= 4 is 23.0 Å². The lowest BCUT2D eigenvalue weighted by Crippen LogP contribution is -2.47. The number of hydrogen-bond acceptors (Lipinski definition) is 10. The number of carbonyl (C=O) groups is 2. The van der Waals surface area contributed by atoms with Crippen LogP contribution in [-0.2, 0) is 5.41 Å². The summed E-state index contributed by atoms with van der Waals surface area (Å²) in [5, 5.41) is 11.0. The van der Waals surface area contributed by atoms with Gasteiger partial charge in [-0.05, 0) is 43.2 Å². The average molecular weight is 610 g/mol. The molecule has 3 N–H and O–H groups in total. The highest BCUT2D eigenvalue weighted by Gasteiger charge is 2.25. The molecule has 232 valence electrons. The van der Waals surface area contributed by atoms with E-state index in [1.807, 2.05) is 65.0 Å². The number of nitrogens with one attached hydrogen (secondary N) is 3. The molecule has 0 aliphatic carbocycles. The van der Waals surface area contributed by atoms with Crippen LogP contribution in [0, 0.1) is 6.92 Å². The number of ether oxygens (including phenoxy) is 1. The second-order valence-corrected chi connectivity index (χ2v) is 12.1. The fourth-order valence-electron chi connectivity index (χ4n) is 5.19. The van der Waals surface area contributed by atoms with Gasteiger partial charge < -0.3 is 29.8 Å². The Morgan fingerprint density at radius 3 is 2.51 bits per heavy atom. The van der Waals surface area contributed by atoms with Crippen molar-refractivity contribution in [3.8, 4) is 28.4 Å². The zero-order chi connectivity index (χ0) is 31.7. The van der Waals surface area contributed by atoms with Crippen LogP contribution in [0.4, 0.5) is 4.79 Å². The molecule has 0 saturated carbocycles. The van der Waals surface area contributed by atoms with Gasteiger partial charge in [-0.3, -0.25) is 4.79 Å². The number of pyridine rings is 1. The molecule has 1 saturated heterocycles. The molecule has 1 aromatic carbocycles.